The van der Waals surface area contributed by atoms with Gasteiger partial charge in [-0.3, -0.25) is 9.48 Å². The number of nitrogens with one attached hydrogen (secondary N) is 1. The van der Waals surface area contributed by atoms with Crippen LogP contribution in [0.3, 0.4) is 0 Å². The summed E-state index contributed by atoms with van der Waals surface area (Å²) in [5.41, 5.74) is 0.940. The van der Waals surface area contributed by atoms with Crippen LogP contribution in [0.1, 0.15) is 28.8 Å². The van der Waals surface area contributed by atoms with Gasteiger partial charge in [-0.25, -0.2) is 4.79 Å². The summed E-state index contributed by atoms with van der Waals surface area (Å²) >= 11 is 0. The number of amides is 1. The van der Waals surface area contributed by atoms with Crippen molar-refractivity contribution in [3.05, 3.63) is 53.9 Å². The molecule has 1 heterocycles. The molecule has 1 aromatic carbocycles. The van der Waals surface area contributed by atoms with Crippen molar-refractivity contribution in [2.45, 2.75) is 25.8 Å². The molecule has 2 N–H and O–H groups in total. The summed E-state index contributed by atoms with van der Waals surface area (Å²) in [6.45, 7) is 1.34. The number of carbonyl (C=O) groups is 2. The highest BCUT2D eigenvalue weighted by molar-refractivity contribution is 5.89. The second-order valence-corrected chi connectivity index (χ2v) is 4.93. The average molecular weight is 301 g/mol. The zero-order chi connectivity index (χ0) is 15.8. The van der Waals surface area contributed by atoms with Gasteiger partial charge in [-0.1, -0.05) is 18.2 Å². The highest BCUT2D eigenvalue weighted by Gasteiger charge is 2.10. The smallest absolute Gasteiger partial charge is 0.335 e. The molecular weight excluding hydrogens is 282 g/mol. The van der Waals surface area contributed by atoms with Gasteiger partial charge < -0.3 is 10.4 Å². The van der Waals surface area contributed by atoms with E-state index in [2.05, 4.69) is 10.4 Å². The number of aryl methyl sites for hydroxylation is 2. The van der Waals surface area contributed by atoms with E-state index in [1.165, 1.54) is 0 Å². The maximum absolute atomic E-state index is 11.8. The SMILES string of the molecule is O=C(CCc1ccccc1C(=O)O)NCCCn1cccn1. The number of rotatable bonds is 8. The molecule has 6 nitrogen and oxygen atoms in total. The first-order valence-electron chi connectivity index (χ1n) is 7.22. The molecule has 0 saturated carbocycles. The Bertz CT molecular complexity index is 623. The molecule has 0 radical (unpaired) electrons. The Labute approximate surface area is 128 Å². The third-order valence-electron chi connectivity index (χ3n) is 3.31. The predicted octanol–water partition coefficient (Wildman–Crippen LogP) is 1.72. The van der Waals surface area contributed by atoms with Crippen LogP contribution in [0.25, 0.3) is 0 Å². The quantitative estimate of drug-likeness (QED) is 0.727. The number of hydrogen-bond donors (Lipinski definition) is 2. The molecule has 2 aromatic rings. The number of carbonyl (C=O) groups excluding carboxylic acids is 1. The lowest BCUT2D eigenvalue weighted by atomic mass is 10.0. The highest BCUT2D eigenvalue weighted by atomic mass is 16.4. The average Bonchev–Trinajstić information content (AvgIpc) is 3.03. The minimum Gasteiger partial charge on any atom is -0.478 e. The number of aromatic nitrogens is 2. The first-order chi connectivity index (χ1) is 10.7. The minimum atomic E-state index is -0.963. The van der Waals surface area contributed by atoms with Crippen molar-refractivity contribution in [3.8, 4) is 0 Å². The molecule has 0 atom stereocenters. The number of nitrogens with zero attached hydrogens (tertiary/aromatic N) is 2. The van der Waals surface area contributed by atoms with Gasteiger partial charge in [0.1, 0.15) is 0 Å². The third-order valence-corrected chi connectivity index (χ3v) is 3.31. The van der Waals surface area contributed by atoms with Crippen LogP contribution in [-0.4, -0.2) is 33.3 Å². The zero-order valence-electron chi connectivity index (χ0n) is 12.2. The second-order valence-electron chi connectivity index (χ2n) is 4.93. The molecule has 0 aliphatic rings. The van der Waals surface area contributed by atoms with Gasteiger partial charge in [0.05, 0.1) is 5.56 Å². The van der Waals surface area contributed by atoms with Crippen molar-refractivity contribution >= 4 is 11.9 Å². The number of carboxylic acids is 1. The molecule has 116 valence electrons. The second kappa shape index (κ2) is 7.97. The molecule has 0 fully saturated rings. The summed E-state index contributed by atoms with van der Waals surface area (Å²) in [5.74, 6) is -1.03. The normalized spacial score (nSPS) is 10.4. The Morgan fingerprint density at radius 3 is 2.77 bits per heavy atom. The van der Waals surface area contributed by atoms with E-state index in [1.807, 2.05) is 16.9 Å². The first-order valence-corrected chi connectivity index (χ1v) is 7.22. The Morgan fingerprint density at radius 2 is 2.05 bits per heavy atom. The standard InChI is InChI=1S/C16H19N3O3/c20-15(17-9-3-11-19-12-4-10-18-19)8-7-13-5-1-2-6-14(13)16(21)22/h1-2,4-6,10,12H,3,7-9,11H2,(H,17,20)(H,21,22). The van der Waals surface area contributed by atoms with E-state index >= 15 is 0 Å². The van der Waals surface area contributed by atoms with Gasteiger partial charge in [0.15, 0.2) is 0 Å². The Morgan fingerprint density at radius 1 is 1.23 bits per heavy atom. The number of benzene rings is 1. The number of hydrogen-bond acceptors (Lipinski definition) is 3. The molecule has 1 aromatic heterocycles. The summed E-state index contributed by atoms with van der Waals surface area (Å²) in [6, 6.07) is 8.62. The van der Waals surface area contributed by atoms with Crippen LogP contribution in [0.15, 0.2) is 42.7 Å². The van der Waals surface area contributed by atoms with Crippen molar-refractivity contribution in [2.75, 3.05) is 6.54 Å². The molecule has 0 spiro atoms. The van der Waals surface area contributed by atoms with E-state index in [9.17, 15) is 9.59 Å². The van der Waals surface area contributed by atoms with Gasteiger partial charge in [-0.15, -0.1) is 0 Å². The number of aromatic carboxylic acids is 1. The van der Waals surface area contributed by atoms with E-state index in [1.54, 1.807) is 30.5 Å². The van der Waals surface area contributed by atoms with E-state index in [4.69, 9.17) is 5.11 Å². The van der Waals surface area contributed by atoms with E-state index in [-0.39, 0.29) is 17.9 Å². The monoisotopic (exact) mass is 301 g/mol. The van der Waals surface area contributed by atoms with Crippen molar-refractivity contribution in [1.82, 2.24) is 15.1 Å². The fourth-order valence-electron chi connectivity index (χ4n) is 2.19. The lowest BCUT2D eigenvalue weighted by Gasteiger charge is -2.07. The molecule has 22 heavy (non-hydrogen) atoms. The van der Waals surface area contributed by atoms with Gasteiger partial charge in [0, 0.05) is 31.9 Å². The fraction of sp³-hybridized carbons (Fsp3) is 0.312. The van der Waals surface area contributed by atoms with Gasteiger partial charge in [-0.05, 0) is 30.5 Å². The molecular formula is C16H19N3O3. The Balaban J connectivity index is 1.70. The predicted molar refractivity (Wildman–Crippen MR) is 81.6 cm³/mol. The Hall–Kier alpha value is -2.63. The summed E-state index contributed by atoms with van der Waals surface area (Å²) in [5, 5.41) is 16.0. The fourth-order valence-corrected chi connectivity index (χ4v) is 2.19. The molecule has 0 bridgehead atoms. The summed E-state index contributed by atoms with van der Waals surface area (Å²) in [6.07, 6.45) is 5.11. The van der Waals surface area contributed by atoms with Gasteiger partial charge in [-0.2, -0.15) is 5.10 Å². The van der Waals surface area contributed by atoms with Crippen LogP contribution in [0, 0.1) is 0 Å². The molecule has 0 aliphatic heterocycles. The summed E-state index contributed by atoms with van der Waals surface area (Å²) in [7, 11) is 0. The van der Waals surface area contributed by atoms with Gasteiger partial charge in [0.2, 0.25) is 5.91 Å². The highest BCUT2D eigenvalue weighted by Crippen LogP contribution is 2.11. The van der Waals surface area contributed by atoms with Crippen molar-refractivity contribution in [3.63, 3.8) is 0 Å². The van der Waals surface area contributed by atoms with Crippen molar-refractivity contribution < 1.29 is 14.7 Å². The molecule has 0 unspecified atom stereocenters. The zero-order valence-corrected chi connectivity index (χ0v) is 12.2. The minimum absolute atomic E-state index is 0.0688. The maximum Gasteiger partial charge on any atom is 0.335 e. The topological polar surface area (TPSA) is 84.2 Å². The summed E-state index contributed by atoms with van der Waals surface area (Å²) in [4.78, 5) is 22.9. The van der Waals surface area contributed by atoms with E-state index in [0.29, 0.717) is 18.5 Å². The molecule has 1 amide bonds. The van der Waals surface area contributed by atoms with E-state index < -0.39 is 5.97 Å². The van der Waals surface area contributed by atoms with Crippen LogP contribution in [-0.2, 0) is 17.8 Å². The lowest BCUT2D eigenvalue weighted by Crippen LogP contribution is -2.25. The third kappa shape index (κ3) is 4.73. The molecule has 0 saturated heterocycles. The van der Waals surface area contributed by atoms with Crippen LogP contribution < -0.4 is 5.32 Å². The van der Waals surface area contributed by atoms with Crippen molar-refractivity contribution in [2.24, 2.45) is 0 Å². The van der Waals surface area contributed by atoms with Crippen LogP contribution in [0.2, 0.25) is 0 Å². The van der Waals surface area contributed by atoms with Crippen LogP contribution >= 0.6 is 0 Å². The van der Waals surface area contributed by atoms with Gasteiger partial charge in [0.25, 0.3) is 0 Å². The van der Waals surface area contributed by atoms with Crippen molar-refractivity contribution in [1.29, 1.82) is 0 Å². The Kier molecular flexibility index (Phi) is 5.71. The lowest BCUT2D eigenvalue weighted by molar-refractivity contribution is -0.121. The van der Waals surface area contributed by atoms with Gasteiger partial charge >= 0.3 is 5.97 Å². The van der Waals surface area contributed by atoms with Crippen LogP contribution in [0.5, 0.6) is 0 Å². The van der Waals surface area contributed by atoms with E-state index in [0.717, 1.165) is 13.0 Å². The maximum atomic E-state index is 11.8. The first kappa shape index (κ1) is 15.8. The molecule has 6 heteroatoms. The number of carboxylic acid groups (broad SMARTS) is 1. The van der Waals surface area contributed by atoms with Crippen LogP contribution in [0.4, 0.5) is 0 Å². The molecule has 2 rings (SSSR count). The summed E-state index contributed by atoms with van der Waals surface area (Å²) < 4.78 is 1.81. The largest absolute Gasteiger partial charge is 0.478 e. The molecule has 0 aliphatic carbocycles.